The second kappa shape index (κ2) is 6.71. The van der Waals surface area contributed by atoms with Crippen LogP contribution >= 0.6 is 11.3 Å². The van der Waals surface area contributed by atoms with Gasteiger partial charge in [0.25, 0.3) is 0 Å². The lowest BCUT2D eigenvalue weighted by molar-refractivity contribution is -0.115. The standard InChI is InChI=1S/C14H18N2O4S/c1-3-10(17)15-13-11(14(18)20-4-2)8-6-5-7-9(16-19)12(8)21-13/h19H,3-7H2,1-2H3,(H,15,17)/b16-9-. The Bertz CT molecular complexity index is 592. The summed E-state index contributed by atoms with van der Waals surface area (Å²) < 4.78 is 5.09. The molecule has 1 amide bonds. The van der Waals surface area contributed by atoms with Gasteiger partial charge < -0.3 is 15.3 Å². The molecule has 1 aromatic rings. The number of carbonyl (C=O) groups excluding carboxylic acids is 2. The van der Waals surface area contributed by atoms with Crippen molar-refractivity contribution in [1.29, 1.82) is 0 Å². The van der Waals surface area contributed by atoms with E-state index in [4.69, 9.17) is 9.94 Å². The number of ether oxygens (including phenoxy) is 1. The lowest BCUT2D eigenvalue weighted by atomic mass is 9.94. The van der Waals surface area contributed by atoms with Crippen LogP contribution < -0.4 is 5.32 Å². The minimum atomic E-state index is -0.444. The molecule has 1 aliphatic rings. The molecular formula is C14H18N2O4S. The number of rotatable bonds is 4. The average molecular weight is 310 g/mol. The largest absolute Gasteiger partial charge is 0.462 e. The van der Waals surface area contributed by atoms with Gasteiger partial charge in [0.05, 0.1) is 22.8 Å². The first-order valence-corrected chi connectivity index (χ1v) is 7.77. The van der Waals surface area contributed by atoms with Crippen LogP contribution in [0.25, 0.3) is 0 Å². The summed E-state index contributed by atoms with van der Waals surface area (Å²) in [6.45, 7) is 3.75. The third-order valence-electron chi connectivity index (χ3n) is 3.28. The van der Waals surface area contributed by atoms with Crippen LogP contribution in [0.4, 0.5) is 5.00 Å². The minimum absolute atomic E-state index is 0.165. The Labute approximate surface area is 126 Å². The van der Waals surface area contributed by atoms with Crippen LogP contribution in [-0.2, 0) is 16.0 Å². The number of esters is 1. The zero-order valence-electron chi connectivity index (χ0n) is 12.1. The van der Waals surface area contributed by atoms with Crippen molar-refractivity contribution in [3.8, 4) is 0 Å². The summed E-state index contributed by atoms with van der Waals surface area (Å²) in [7, 11) is 0. The van der Waals surface area contributed by atoms with Crippen molar-refractivity contribution < 1.29 is 19.5 Å². The molecule has 2 N–H and O–H groups in total. The van der Waals surface area contributed by atoms with Gasteiger partial charge >= 0.3 is 5.97 Å². The smallest absolute Gasteiger partial charge is 0.341 e. The van der Waals surface area contributed by atoms with Gasteiger partial charge in [0.15, 0.2) is 0 Å². The first-order chi connectivity index (χ1) is 10.1. The Balaban J connectivity index is 2.50. The molecule has 21 heavy (non-hydrogen) atoms. The molecule has 0 aliphatic heterocycles. The third kappa shape index (κ3) is 3.07. The van der Waals surface area contributed by atoms with E-state index in [1.165, 1.54) is 11.3 Å². The molecule has 1 aliphatic carbocycles. The van der Waals surface area contributed by atoms with Crippen LogP contribution in [0.5, 0.6) is 0 Å². The van der Waals surface area contributed by atoms with Gasteiger partial charge in [0.2, 0.25) is 5.91 Å². The highest BCUT2D eigenvalue weighted by molar-refractivity contribution is 7.19. The summed E-state index contributed by atoms with van der Waals surface area (Å²) >= 11 is 1.27. The number of thiophene rings is 1. The third-order valence-corrected chi connectivity index (χ3v) is 4.48. The first-order valence-electron chi connectivity index (χ1n) is 6.96. The van der Waals surface area contributed by atoms with E-state index >= 15 is 0 Å². The second-order valence-corrected chi connectivity index (χ2v) is 5.66. The van der Waals surface area contributed by atoms with Gasteiger partial charge in [-0.25, -0.2) is 4.79 Å². The van der Waals surface area contributed by atoms with E-state index in [2.05, 4.69) is 10.5 Å². The molecule has 2 rings (SSSR count). The van der Waals surface area contributed by atoms with Crippen LogP contribution in [0.2, 0.25) is 0 Å². The van der Waals surface area contributed by atoms with E-state index in [9.17, 15) is 9.59 Å². The Hall–Kier alpha value is -1.89. The fourth-order valence-electron chi connectivity index (χ4n) is 2.30. The topological polar surface area (TPSA) is 88.0 Å². The van der Waals surface area contributed by atoms with Gasteiger partial charge in [-0.15, -0.1) is 11.3 Å². The molecule has 0 bridgehead atoms. The fourth-order valence-corrected chi connectivity index (χ4v) is 3.57. The van der Waals surface area contributed by atoms with Gasteiger partial charge in [0.1, 0.15) is 5.00 Å². The van der Waals surface area contributed by atoms with Crippen molar-refractivity contribution in [2.45, 2.75) is 39.5 Å². The summed E-state index contributed by atoms with van der Waals surface area (Å²) in [6, 6.07) is 0. The van der Waals surface area contributed by atoms with Gasteiger partial charge in [-0.2, -0.15) is 0 Å². The number of nitrogens with zero attached hydrogens (tertiary/aromatic N) is 1. The van der Waals surface area contributed by atoms with Crippen molar-refractivity contribution in [3.63, 3.8) is 0 Å². The summed E-state index contributed by atoms with van der Waals surface area (Å²) in [5.74, 6) is -0.609. The molecular weight excluding hydrogens is 292 g/mol. The molecule has 0 radical (unpaired) electrons. The van der Waals surface area contributed by atoms with Crippen molar-refractivity contribution in [3.05, 3.63) is 16.0 Å². The predicted molar refractivity (Wildman–Crippen MR) is 80.5 cm³/mol. The predicted octanol–water partition coefficient (Wildman–Crippen LogP) is 2.79. The van der Waals surface area contributed by atoms with Crippen LogP contribution in [0, 0.1) is 0 Å². The van der Waals surface area contributed by atoms with Crippen LogP contribution in [0.3, 0.4) is 0 Å². The molecule has 0 unspecified atom stereocenters. The lowest BCUT2D eigenvalue weighted by Crippen LogP contribution is -2.16. The molecule has 6 nitrogen and oxygen atoms in total. The average Bonchev–Trinajstić information content (AvgIpc) is 2.84. The normalized spacial score (nSPS) is 15.6. The highest BCUT2D eigenvalue weighted by Crippen LogP contribution is 2.38. The van der Waals surface area contributed by atoms with Crippen LogP contribution in [0.1, 0.15) is 53.9 Å². The van der Waals surface area contributed by atoms with E-state index in [1.54, 1.807) is 13.8 Å². The van der Waals surface area contributed by atoms with Gasteiger partial charge in [-0.05, 0) is 31.7 Å². The molecule has 0 fully saturated rings. The highest BCUT2D eigenvalue weighted by atomic mass is 32.1. The molecule has 114 valence electrons. The van der Waals surface area contributed by atoms with Crippen molar-refractivity contribution in [1.82, 2.24) is 0 Å². The highest BCUT2D eigenvalue weighted by Gasteiger charge is 2.30. The SMILES string of the molecule is CCOC(=O)c1c(NC(=O)CC)sc2c1CCC/C2=N/O. The first kappa shape index (κ1) is 15.5. The van der Waals surface area contributed by atoms with Crippen molar-refractivity contribution in [2.24, 2.45) is 5.16 Å². The van der Waals surface area contributed by atoms with Gasteiger partial charge in [-0.3, -0.25) is 4.79 Å². The molecule has 0 atom stereocenters. The molecule has 1 heterocycles. The monoisotopic (exact) mass is 310 g/mol. The summed E-state index contributed by atoms with van der Waals surface area (Å²) in [6.07, 6.45) is 2.50. The fraction of sp³-hybridized carbons (Fsp3) is 0.500. The molecule has 0 spiro atoms. The van der Waals surface area contributed by atoms with Gasteiger partial charge in [-0.1, -0.05) is 12.1 Å². The van der Waals surface area contributed by atoms with Crippen molar-refractivity contribution in [2.75, 3.05) is 11.9 Å². The number of hydrogen-bond acceptors (Lipinski definition) is 6. The zero-order valence-corrected chi connectivity index (χ0v) is 12.9. The van der Waals surface area contributed by atoms with E-state index < -0.39 is 5.97 Å². The van der Waals surface area contributed by atoms with Gasteiger partial charge in [0, 0.05) is 6.42 Å². The Morgan fingerprint density at radius 1 is 1.38 bits per heavy atom. The number of carbonyl (C=O) groups is 2. The number of oxime groups is 1. The quantitative estimate of drug-likeness (QED) is 0.508. The van der Waals surface area contributed by atoms with Crippen LogP contribution in [0.15, 0.2) is 5.16 Å². The lowest BCUT2D eigenvalue weighted by Gasteiger charge is -2.13. The second-order valence-electron chi connectivity index (χ2n) is 4.64. The van der Waals surface area contributed by atoms with E-state index in [0.717, 1.165) is 16.9 Å². The Morgan fingerprint density at radius 2 is 2.14 bits per heavy atom. The number of hydrogen-bond donors (Lipinski definition) is 2. The molecule has 0 aromatic carbocycles. The number of anilines is 1. The molecule has 0 saturated carbocycles. The number of nitrogens with one attached hydrogen (secondary N) is 1. The molecule has 7 heteroatoms. The van der Waals surface area contributed by atoms with Crippen molar-refractivity contribution >= 4 is 33.9 Å². The van der Waals surface area contributed by atoms with E-state index in [0.29, 0.717) is 35.5 Å². The minimum Gasteiger partial charge on any atom is -0.462 e. The van der Waals surface area contributed by atoms with E-state index in [1.807, 2.05) is 0 Å². The summed E-state index contributed by atoms with van der Waals surface area (Å²) in [5.41, 5.74) is 1.77. The zero-order chi connectivity index (χ0) is 15.4. The number of amides is 1. The van der Waals surface area contributed by atoms with E-state index in [-0.39, 0.29) is 12.5 Å². The maximum atomic E-state index is 12.2. The maximum Gasteiger partial charge on any atom is 0.341 e. The Kier molecular flexibility index (Phi) is 4.95. The number of fused-ring (bicyclic) bond motifs is 1. The van der Waals surface area contributed by atoms with Crippen LogP contribution in [-0.4, -0.2) is 29.4 Å². The molecule has 1 aromatic heterocycles. The maximum absolute atomic E-state index is 12.2. The summed E-state index contributed by atoms with van der Waals surface area (Å²) in [4.78, 5) is 24.6. The summed E-state index contributed by atoms with van der Waals surface area (Å²) in [5, 5.41) is 15.6. The Morgan fingerprint density at radius 3 is 2.76 bits per heavy atom. The molecule has 0 saturated heterocycles.